The summed E-state index contributed by atoms with van der Waals surface area (Å²) in [6.45, 7) is 3.85. The number of hydrogen-bond donors (Lipinski definition) is 1. The first-order chi connectivity index (χ1) is 9.10. The summed E-state index contributed by atoms with van der Waals surface area (Å²) in [5, 5.41) is 4.79. The first kappa shape index (κ1) is 13.5. The molecule has 0 spiro atoms. The van der Waals surface area contributed by atoms with Crippen molar-refractivity contribution in [2.24, 2.45) is 5.10 Å². The minimum Gasteiger partial charge on any atom is -0.481 e. The number of nitrogens with zero attached hydrogens (tertiary/aromatic N) is 4. The molecule has 1 aromatic heterocycles. The maximum atomic E-state index is 5.13. The highest BCUT2D eigenvalue weighted by Gasteiger charge is 2.16. The summed E-state index contributed by atoms with van der Waals surface area (Å²) in [6, 6.07) is 1.91. The van der Waals surface area contributed by atoms with E-state index in [2.05, 4.69) is 20.5 Å². The van der Waals surface area contributed by atoms with Crippen LogP contribution in [0, 0.1) is 13.8 Å². The Balaban J connectivity index is 2.15. The zero-order valence-corrected chi connectivity index (χ0v) is 12.0. The van der Waals surface area contributed by atoms with Crippen molar-refractivity contribution in [1.29, 1.82) is 0 Å². The molecule has 0 saturated heterocycles. The van der Waals surface area contributed by atoms with Gasteiger partial charge in [-0.25, -0.2) is 15.4 Å². The lowest BCUT2D eigenvalue weighted by atomic mass is 10.4. The van der Waals surface area contributed by atoms with Gasteiger partial charge in [0.25, 0.3) is 0 Å². The molecule has 2 heterocycles. The largest absolute Gasteiger partial charge is 0.481 e. The van der Waals surface area contributed by atoms with E-state index in [1.54, 1.807) is 20.3 Å². The minimum absolute atomic E-state index is 0.437. The molecule has 0 aliphatic carbocycles. The zero-order chi connectivity index (χ0) is 13.8. The highest BCUT2D eigenvalue weighted by Crippen LogP contribution is 2.21. The summed E-state index contributed by atoms with van der Waals surface area (Å²) in [7, 11) is 3.11. The molecular formula is C11H15N5O2S. The van der Waals surface area contributed by atoms with E-state index in [1.807, 2.05) is 19.9 Å². The van der Waals surface area contributed by atoms with E-state index in [0.29, 0.717) is 16.9 Å². The molecule has 8 heteroatoms. The number of hydrogen-bond acceptors (Lipinski definition) is 8. The quantitative estimate of drug-likeness (QED) is 0.662. The topological polar surface area (TPSA) is 71.9 Å². The molecule has 1 aromatic rings. The number of hydrazine groups is 1. The van der Waals surface area contributed by atoms with Gasteiger partial charge < -0.3 is 9.47 Å². The van der Waals surface area contributed by atoms with Crippen molar-refractivity contribution in [2.75, 3.05) is 14.2 Å². The molecule has 0 aromatic carbocycles. The summed E-state index contributed by atoms with van der Waals surface area (Å²) in [5.74, 6) is 0.969. The standard InChI is InChI=1S/C11H15N5O2S/c1-7-5-8(2)13-11(12-7)19-16-14-9(17-3)6-10(15-16)18-4/h5-6,14H,1-4H3. The molecule has 102 valence electrons. The van der Waals surface area contributed by atoms with E-state index in [4.69, 9.17) is 9.47 Å². The molecule has 0 saturated carbocycles. The zero-order valence-electron chi connectivity index (χ0n) is 11.2. The van der Waals surface area contributed by atoms with Gasteiger partial charge in [0.2, 0.25) is 16.9 Å². The Morgan fingerprint density at radius 2 is 1.84 bits per heavy atom. The SMILES string of the molecule is COC1=CC(OC)=NN(Sc2nc(C)cc(C)n2)N1. The monoisotopic (exact) mass is 281 g/mol. The molecule has 1 aliphatic heterocycles. The van der Waals surface area contributed by atoms with Gasteiger partial charge in [-0.1, -0.05) is 0 Å². The third kappa shape index (κ3) is 3.50. The lowest BCUT2D eigenvalue weighted by Gasteiger charge is -2.23. The Morgan fingerprint density at radius 1 is 1.16 bits per heavy atom. The number of aromatic nitrogens is 2. The number of rotatable bonds is 3. The Labute approximate surface area is 115 Å². The molecule has 0 radical (unpaired) electrons. The first-order valence-corrected chi connectivity index (χ1v) is 6.33. The van der Waals surface area contributed by atoms with Crippen LogP contribution >= 0.6 is 11.9 Å². The average molecular weight is 281 g/mol. The lowest BCUT2D eigenvalue weighted by Crippen LogP contribution is -2.33. The molecule has 19 heavy (non-hydrogen) atoms. The van der Waals surface area contributed by atoms with E-state index < -0.39 is 0 Å². The normalized spacial score (nSPS) is 14.4. The van der Waals surface area contributed by atoms with Crippen LogP contribution in [0.5, 0.6) is 0 Å². The fraction of sp³-hybridized carbons (Fsp3) is 0.364. The summed E-state index contributed by atoms with van der Waals surface area (Å²) < 4.78 is 11.7. The number of aryl methyl sites for hydroxylation is 2. The third-order valence-corrected chi connectivity index (χ3v) is 2.90. The van der Waals surface area contributed by atoms with Crippen LogP contribution in [0.15, 0.2) is 28.3 Å². The first-order valence-electron chi connectivity index (χ1n) is 5.56. The lowest BCUT2D eigenvalue weighted by molar-refractivity contribution is 0.203. The highest BCUT2D eigenvalue weighted by molar-refractivity contribution is 7.96. The van der Waals surface area contributed by atoms with Crippen LogP contribution in [0.2, 0.25) is 0 Å². The summed E-state index contributed by atoms with van der Waals surface area (Å²) in [4.78, 5) is 8.66. The van der Waals surface area contributed by atoms with Gasteiger partial charge in [0.05, 0.1) is 32.2 Å². The smallest absolute Gasteiger partial charge is 0.239 e. The molecule has 0 bridgehead atoms. The van der Waals surface area contributed by atoms with Crippen LogP contribution in [0.25, 0.3) is 0 Å². The Kier molecular flexibility index (Phi) is 4.10. The van der Waals surface area contributed by atoms with E-state index in [-0.39, 0.29) is 0 Å². The predicted octanol–water partition coefficient (Wildman–Crippen LogP) is 1.37. The second-order valence-corrected chi connectivity index (χ2v) is 4.66. The van der Waals surface area contributed by atoms with Crippen molar-refractivity contribution in [3.63, 3.8) is 0 Å². The van der Waals surface area contributed by atoms with Gasteiger partial charge in [0, 0.05) is 11.4 Å². The number of methoxy groups -OCH3 is 2. The van der Waals surface area contributed by atoms with Gasteiger partial charge in [-0.3, -0.25) is 0 Å². The van der Waals surface area contributed by atoms with Gasteiger partial charge in [-0.15, -0.1) is 9.62 Å². The molecular weight excluding hydrogens is 266 g/mol. The fourth-order valence-electron chi connectivity index (χ4n) is 1.44. The van der Waals surface area contributed by atoms with Crippen molar-refractivity contribution in [1.82, 2.24) is 19.9 Å². The van der Waals surface area contributed by atoms with Gasteiger partial charge >= 0.3 is 0 Å². The van der Waals surface area contributed by atoms with Crippen LogP contribution in [0.3, 0.4) is 0 Å². The van der Waals surface area contributed by atoms with Crippen LogP contribution < -0.4 is 5.43 Å². The second kappa shape index (κ2) is 5.79. The van der Waals surface area contributed by atoms with Gasteiger partial charge in [-0.05, 0) is 19.9 Å². The van der Waals surface area contributed by atoms with Crippen LogP contribution in [0.4, 0.5) is 0 Å². The minimum atomic E-state index is 0.437. The Bertz CT molecular complexity index is 512. The molecule has 0 fully saturated rings. The van der Waals surface area contributed by atoms with Crippen molar-refractivity contribution in [2.45, 2.75) is 19.0 Å². The average Bonchev–Trinajstić information content (AvgIpc) is 2.37. The summed E-state index contributed by atoms with van der Waals surface area (Å²) >= 11 is 1.24. The van der Waals surface area contributed by atoms with Crippen molar-refractivity contribution >= 4 is 17.8 Å². The molecule has 1 aliphatic rings. The highest BCUT2D eigenvalue weighted by atomic mass is 32.2. The maximum absolute atomic E-state index is 5.13. The van der Waals surface area contributed by atoms with E-state index in [9.17, 15) is 0 Å². The van der Waals surface area contributed by atoms with Gasteiger partial charge in [0.15, 0.2) is 0 Å². The summed E-state index contributed by atoms with van der Waals surface area (Å²) in [5.41, 5.74) is 4.76. The molecule has 0 amide bonds. The number of nitrogens with one attached hydrogen (secondary N) is 1. The molecule has 0 unspecified atom stereocenters. The van der Waals surface area contributed by atoms with Crippen molar-refractivity contribution in [3.05, 3.63) is 29.4 Å². The fourth-order valence-corrected chi connectivity index (χ4v) is 2.22. The van der Waals surface area contributed by atoms with E-state index >= 15 is 0 Å². The Morgan fingerprint density at radius 3 is 2.42 bits per heavy atom. The maximum Gasteiger partial charge on any atom is 0.239 e. The van der Waals surface area contributed by atoms with Crippen molar-refractivity contribution < 1.29 is 9.47 Å². The number of hydrazone groups is 1. The molecule has 1 N–H and O–H groups in total. The van der Waals surface area contributed by atoms with Gasteiger partial charge in [0.1, 0.15) is 0 Å². The van der Waals surface area contributed by atoms with E-state index in [1.165, 1.54) is 16.5 Å². The number of ether oxygens (including phenoxy) is 2. The predicted molar refractivity (Wildman–Crippen MR) is 71.9 cm³/mol. The van der Waals surface area contributed by atoms with Gasteiger partial charge in [-0.2, -0.15) is 0 Å². The summed E-state index contributed by atoms with van der Waals surface area (Å²) in [6.07, 6.45) is 1.65. The van der Waals surface area contributed by atoms with E-state index in [0.717, 1.165) is 11.4 Å². The van der Waals surface area contributed by atoms with Crippen molar-refractivity contribution in [3.8, 4) is 0 Å². The third-order valence-electron chi connectivity index (χ3n) is 2.21. The molecule has 2 rings (SSSR count). The molecule has 7 nitrogen and oxygen atoms in total. The second-order valence-electron chi connectivity index (χ2n) is 3.76. The molecule has 0 atom stereocenters. The van der Waals surface area contributed by atoms with Crippen LogP contribution in [0.1, 0.15) is 11.4 Å². The van der Waals surface area contributed by atoms with Crippen LogP contribution in [-0.2, 0) is 9.47 Å². The Hall–Kier alpha value is -1.96. The van der Waals surface area contributed by atoms with Crippen LogP contribution in [-0.4, -0.2) is 34.6 Å².